The minimum atomic E-state index is -0.0939. The molecule has 14 heavy (non-hydrogen) atoms. The van der Waals surface area contributed by atoms with Gasteiger partial charge in [-0.05, 0) is 19.1 Å². The Labute approximate surface area is 80.6 Å². The molecule has 0 saturated carbocycles. The average Bonchev–Trinajstić information content (AvgIpc) is 2.20. The van der Waals surface area contributed by atoms with Crippen LogP contribution in [0.4, 0.5) is 5.82 Å². The number of carbonyl (C=O) groups is 1. The van der Waals surface area contributed by atoms with E-state index in [2.05, 4.69) is 10.2 Å². The van der Waals surface area contributed by atoms with Gasteiger partial charge in [0.25, 0.3) is 0 Å². The first-order valence-corrected chi connectivity index (χ1v) is 3.83. The normalized spacial score (nSPS) is 9.21. The van der Waals surface area contributed by atoms with Crippen molar-refractivity contribution in [3.05, 3.63) is 23.9 Å². The summed E-state index contributed by atoms with van der Waals surface area (Å²) in [6, 6.07) is 3.04. The Kier molecular flexibility index (Phi) is 3.01. The number of hydrogen-bond donors (Lipinski definition) is 2. The van der Waals surface area contributed by atoms with E-state index in [0.717, 1.165) is 11.3 Å². The molecule has 0 atom stereocenters. The first-order chi connectivity index (χ1) is 6.69. The molecule has 72 valence electrons. The number of aromatic nitrogens is 1. The Morgan fingerprint density at radius 1 is 1.71 bits per heavy atom. The summed E-state index contributed by atoms with van der Waals surface area (Å²) in [5.41, 5.74) is 7.23. The van der Waals surface area contributed by atoms with E-state index in [9.17, 15) is 4.79 Å². The highest BCUT2D eigenvalue weighted by molar-refractivity contribution is 5.95. The van der Waals surface area contributed by atoms with Crippen LogP contribution in [0.25, 0.3) is 0 Å². The second kappa shape index (κ2) is 4.22. The molecule has 0 amide bonds. The zero-order chi connectivity index (χ0) is 10.6. The summed E-state index contributed by atoms with van der Waals surface area (Å²) >= 11 is 0. The Bertz CT molecular complexity index is 368. The third-order valence-electron chi connectivity index (χ3n) is 1.62. The van der Waals surface area contributed by atoms with Crippen molar-refractivity contribution >= 4 is 17.9 Å². The minimum absolute atomic E-state index is 0.0939. The van der Waals surface area contributed by atoms with E-state index < -0.39 is 0 Å². The number of carbonyl (C=O) groups excluding carboxylic acids is 1. The van der Waals surface area contributed by atoms with Gasteiger partial charge >= 0.3 is 0 Å². The van der Waals surface area contributed by atoms with Gasteiger partial charge in [-0.3, -0.25) is 10.2 Å². The van der Waals surface area contributed by atoms with Crippen molar-refractivity contribution in [2.75, 3.05) is 5.01 Å². The summed E-state index contributed by atoms with van der Waals surface area (Å²) in [6.45, 7) is 1.44. The van der Waals surface area contributed by atoms with Gasteiger partial charge in [-0.2, -0.15) is 10.5 Å². The third-order valence-corrected chi connectivity index (χ3v) is 1.62. The smallest absolute Gasteiger partial charge is 0.159 e. The fraction of sp³-hybridized carbons (Fsp3) is 0.125. The number of Topliss-reactive ketones (excluding diaryl/α,β-unsaturated/α-hetero) is 1. The molecule has 0 saturated heterocycles. The van der Waals surface area contributed by atoms with Crippen molar-refractivity contribution in [2.45, 2.75) is 6.92 Å². The van der Waals surface area contributed by atoms with Crippen LogP contribution in [0.1, 0.15) is 17.3 Å². The van der Waals surface area contributed by atoms with Crippen LogP contribution in [0, 0.1) is 10.9 Å². The largest absolute Gasteiger partial charge is 0.295 e. The van der Waals surface area contributed by atoms with Gasteiger partial charge in [0.15, 0.2) is 11.6 Å². The molecule has 0 aromatic carbocycles. The molecular formula is C8H9N5O. The highest BCUT2D eigenvalue weighted by atomic mass is 16.1. The highest BCUT2D eigenvalue weighted by Crippen LogP contribution is 2.11. The molecule has 0 aliphatic rings. The highest BCUT2D eigenvalue weighted by Gasteiger charge is 2.06. The average molecular weight is 191 g/mol. The molecule has 0 fully saturated rings. The van der Waals surface area contributed by atoms with E-state index in [0.29, 0.717) is 5.56 Å². The molecule has 1 heterocycles. The Morgan fingerprint density at radius 3 is 2.93 bits per heavy atom. The van der Waals surface area contributed by atoms with Crippen LogP contribution in [0.2, 0.25) is 0 Å². The van der Waals surface area contributed by atoms with Crippen molar-refractivity contribution in [2.24, 2.45) is 5.22 Å². The first kappa shape index (κ1) is 9.97. The zero-order valence-corrected chi connectivity index (χ0v) is 7.56. The zero-order valence-electron chi connectivity index (χ0n) is 7.56. The standard InChI is InChI=1S/C8H9N5O/c1-6(14)7-2-3-11-8(4-7)13(5-9)12-10/h2-5,9-10H,1H3. The summed E-state index contributed by atoms with van der Waals surface area (Å²) in [5.74, 6) is 0.186. The van der Waals surface area contributed by atoms with Gasteiger partial charge in [0.2, 0.25) is 0 Å². The molecule has 0 aliphatic carbocycles. The molecule has 0 radical (unpaired) electrons. The predicted molar refractivity (Wildman–Crippen MR) is 50.7 cm³/mol. The van der Waals surface area contributed by atoms with Crippen molar-refractivity contribution < 1.29 is 4.79 Å². The third kappa shape index (κ3) is 1.98. The molecular weight excluding hydrogens is 182 g/mol. The maximum absolute atomic E-state index is 11.0. The van der Waals surface area contributed by atoms with Crippen LogP contribution in [-0.2, 0) is 0 Å². The number of hydrogen-bond acceptors (Lipinski definition) is 5. The number of anilines is 1. The topological polar surface area (TPSA) is 93.3 Å². The summed E-state index contributed by atoms with van der Waals surface area (Å²) in [6.07, 6.45) is 2.28. The van der Waals surface area contributed by atoms with Crippen molar-refractivity contribution in [3.63, 3.8) is 0 Å². The SMILES string of the molecule is CC(=O)c1ccnc(N(C=N)N=N)c1. The maximum Gasteiger partial charge on any atom is 0.159 e. The van der Waals surface area contributed by atoms with Crippen LogP contribution in [0.15, 0.2) is 23.6 Å². The fourth-order valence-corrected chi connectivity index (χ4v) is 0.909. The van der Waals surface area contributed by atoms with Gasteiger partial charge in [0.05, 0.1) is 0 Å². The van der Waals surface area contributed by atoms with Crippen molar-refractivity contribution in [3.8, 4) is 0 Å². The molecule has 0 bridgehead atoms. The summed E-state index contributed by atoms with van der Waals surface area (Å²) < 4.78 is 0. The Balaban J connectivity index is 3.09. The summed E-state index contributed by atoms with van der Waals surface area (Å²) in [4.78, 5) is 14.9. The monoisotopic (exact) mass is 191 g/mol. The van der Waals surface area contributed by atoms with Crippen LogP contribution < -0.4 is 5.01 Å². The number of pyridine rings is 1. The molecule has 1 rings (SSSR count). The molecule has 6 nitrogen and oxygen atoms in total. The second-order valence-electron chi connectivity index (χ2n) is 2.53. The maximum atomic E-state index is 11.0. The molecule has 0 aliphatic heterocycles. The summed E-state index contributed by atoms with van der Waals surface area (Å²) in [5, 5.41) is 10.9. The second-order valence-corrected chi connectivity index (χ2v) is 2.53. The van der Waals surface area contributed by atoms with Crippen LogP contribution >= 0.6 is 0 Å². The molecule has 1 aromatic heterocycles. The van der Waals surface area contributed by atoms with E-state index in [4.69, 9.17) is 10.9 Å². The van der Waals surface area contributed by atoms with Gasteiger partial charge in [-0.1, -0.05) is 5.22 Å². The Morgan fingerprint density at radius 2 is 2.43 bits per heavy atom. The van der Waals surface area contributed by atoms with Crippen LogP contribution in [-0.4, -0.2) is 17.1 Å². The first-order valence-electron chi connectivity index (χ1n) is 3.83. The van der Waals surface area contributed by atoms with Crippen molar-refractivity contribution in [1.29, 1.82) is 10.9 Å². The lowest BCUT2D eigenvalue weighted by Gasteiger charge is -2.08. The lowest BCUT2D eigenvalue weighted by Crippen LogP contribution is -2.13. The molecule has 0 spiro atoms. The molecule has 6 heteroatoms. The lowest BCUT2D eigenvalue weighted by molar-refractivity contribution is 0.101. The van der Waals surface area contributed by atoms with Gasteiger partial charge < -0.3 is 0 Å². The van der Waals surface area contributed by atoms with Crippen LogP contribution in [0.5, 0.6) is 0 Å². The fourth-order valence-electron chi connectivity index (χ4n) is 0.909. The predicted octanol–water partition coefficient (Wildman–Crippen LogP) is 1.64. The lowest BCUT2D eigenvalue weighted by atomic mass is 10.2. The van der Waals surface area contributed by atoms with E-state index in [-0.39, 0.29) is 11.6 Å². The van der Waals surface area contributed by atoms with Crippen molar-refractivity contribution in [1.82, 2.24) is 4.98 Å². The van der Waals surface area contributed by atoms with E-state index >= 15 is 0 Å². The van der Waals surface area contributed by atoms with Crippen LogP contribution in [0.3, 0.4) is 0 Å². The quantitative estimate of drug-likeness (QED) is 0.249. The number of rotatable bonds is 4. The molecule has 2 N–H and O–H groups in total. The van der Waals surface area contributed by atoms with Gasteiger partial charge in [0.1, 0.15) is 6.34 Å². The van der Waals surface area contributed by atoms with Gasteiger partial charge in [0, 0.05) is 11.8 Å². The van der Waals surface area contributed by atoms with E-state index in [1.54, 1.807) is 6.07 Å². The van der Waals surface area contributed by atoms with E-state index in [1.807, 2.05) is 0 Å². The van der Waals surface area contributed by atoms with Gasteiger partial charge in [-0.15, -0.1) is 0 Å². The number of nitrogens with zero attached hydrogens (tertiary/aromatic N) is 3. The Hall–Kier alpha value is -2.11. The number of ketones is 1. The van der Waals surface area contributed by atoms with Gasteiger partial charge in [-0.25, -0.2) is 4.98 Å². The molecule has 1 aromatic rings. The molecule has 0 unspecified atom stereocenters. The minimum Gasteiger partial charge on any atom is -0.295 e. The summed E-state index contributed by atoms with van der Waals surface area (Å²) in [7, 11) is 0. The van der Waals surface area contributed by atoms with E-state index in [1.165, 1.54) is 19.2 Å². The number of nitrogens with one attached hydrogen (secondary N) is 2.